The summed E-state index contributed by atoms with van der Waals surface area (Å²) in [7, 11) is 3.05. The molecule has 0 saturated heterocycles. The molecule has 6 heteroatoms. The van der Waals surface area contributed by atoms with Crippen molar-refractivity contribution in [2.24, 2.45) is 0 Å². The Morgan fingerprint density at radius 2 is 2.00 bits per heavy atom. The van der Waals surface area contributed by atoms with Gasteiger partial charge in [-0.3, -0.25) is 4.98 Å². The first-order valence-electron chi connectivity index (χ1n) is 8.49. The molecule has 4 rings (SSSR count). The summed E-state index contributed by atoms with van der Waals surface area (Å²) in [6.45, 7) is 0.871. The lowest BCUT2D eigenvalue weighted by molar-refractivity contribution is 0.0601. The lowest BCUT2D eigenvalue weighted by atomic mass is 10.0. The van der Waals surface area contributed by atoms with Gasteiger partial charge in [0.15, 0.2) is 5.82 Å². The first kappa shape index (κ1) is 16.3. The van der Waals surface area contributed by atoms with E-state index in [1.807, 2.05) is 6.07 Å². The van der Waals surface area contributed by atoms with Crippen LogP contribution in [0.4, 0.5) is 11.5 Å². The van der Waals surface area contributed by atoms with E-state index in [-0.39, 0.29) is 5.97 Å². The molecule has 0 aliphatic carbocycles. The average molecular weight is 349 g/mol. The van der Waals surface area contributed by atoms with E-state index in [2.05, 4.69) is 22.0 Å². The molecule has 0 radical (unpaired) electrons. The number of ether oxygens (including phenoxy) is 2. The Labute approximate surface area is 151 Å². The van der Waals surface area contributed by atoms with Crippen LogP contribution in [0.25, 0.3) is 11.0 Å². The molecule has 0 atom stereocenters. The monoisotopic (exact) mass is 349 g/mol. The van der Waals surface area contributed by atoms with Crippen LogP contribution in [-0.2, 0) is 11.2 Å². The Morgan fingerprint density at radius 3 is 2.81 bits per heavy atom. The van der Waals surface area contributed by atoms with Crippen LogP contribution >= 0.6 is 0 Å². The maximum Gasteiger partial charge on any atom is 0.337 e. The summed E-state index contributed by atoms with van der Waals surface area (Å²) in [4.78, 5) is 23.2. The molecule has 6 nitrogen and oxygen atoms in total. The molecule has 26 heavy (non-hydrogen) atoms. The number of benzene rings is 2. The van der Waals surface area contributed by atoms with Crippen LogP contribution in [0.1, 0.15) is 22.3 Å². The molecule has 0 N–H and O–H groups in total. The van der Waals surface area contributed by atoms with Crippen molar-refractivity contribution in [3.05, 3.63) is 53.7 Å². The molecule has 2 aromatic carbocycles. The standard InChI is InChI=1S/C20H19N3O3/c1-25-15-6-8-18-13(10-15)4-3-9-23(18)19-12-21-16-7-5-14(20(24)26-2)11-17(16)22-19/h5-8,10-12H,3-4,9H2,1-2H3. The second-order valence-electron chi connectivity index (χ2n) is 6.17. The number of methoxy groups -OCH3 is 2. The first-order valence-corrected chi connectivity index (χ1v) is 8.49. The highest BCUT2D eigenvalue weighted by Crippen LogP contribution is 2.35. The van der Waals surface area contributed by atoms with Crippen molar-refractivity contribution in [1.82, 2.24) is 9.97 Å². The highest BCUT2D eigenvalue weighted by Gasteiger charge is 2.20. The lowest BCUT2D eigenvalue weighted by Crippen LogP contribution is -2.25. The van der Waals surface area contributed by atoms with Crippen molar-refractivity contribution in [1.29, 1.82) is 0 Å². The number of aromatic nitrogens is 2. The van der Waals surface area contributed by atoms with Crippen LogP contribution in [0.2, 0.25) is 0 Å². The van der Waals surface area contributed by atoms with Gasteiger partial charge in [0, 0.05) is 12.2 Å². The molecule has 1 aliphatic rings. The molecule has 1 aliphatic heterocycles. The van der Waals surface area contributed by atoms with Crippen molar-refractivity contribution in [3.8, 4) is 5.75 Å². The molecule has 0 saturated carbocycles. The molecule has 0 amide bonds. The largest absolute Gasteiger partial charge is 0.497 e. The van der Waals surface area contributed by atoms with E-state index in [0.717, 1.165) is 42.2 Å². The minimum Gasteiger partial charge on any atom is -0.497 e. The van der Waals surface area contributed by atoms with Crippen LogP contribution in [0, 0.1) is 0 Å². The summed E-state index contributed by atoms with van der Waals surface area (Å²) in [5.41, 5.74) is 4.24. The van der Waals surface area contributed by atoms with Gasteiger partial charge in [-0.2, -0.15) is 0 Å². The molecule has 1 aromatic heterocycles. The predicted molar refractivity (Wildman–Crippen MR) is 99.2 cm³/mol. The Kier molecular flexibility index (Phi) is 4.16. The summed E-state index contributed by atoms with van der Waals surface area (Å²) in [5, 5.41) is 0. The predicted octanol–water partition coefficient (Wildman–Crippen LogP) is 3.51. The van der Waals surface area contributed by atoms with Gasteiger partial charge in [0.1, 0.15) is 5.75 Å². The fourth-order valence-electron chi connectivity index (χ4n) is 3.32. The van der Waals surface area contributed by atoms with Gasteiger partial charge in [0.05, 0.1) is 37.0 Å². The number of hydrogen-bond donors (Lipinski definition) is 0. The summed E-state index contributed by atoms with van der Waals surface area (Å²) in [5.74, 6) is 1.25. The number of carbonyl (C=O) groups excluding carboxylic acids is 1. The Hall–Kier alpha value is -3.15. The van der Waals surface area contributed by atoms with Crippen LogP contribution in [0.15, 0.2) is 42.6 Å². The molecule has 132 valence electrons. The van der Waals surface area contributed by atoms with Crippen molar-refractivity contribution < 1.29 is 14.3 Å². The first-order chi connectivity index (χ1) is 12.7. The minimum atomic E-state index is -0.380. The number of esters is 1. The third-order valence-electron chi connectivity index (χ3n) is 4.63. The highest BCUT2D eigenvalue weighted by molar-refractivity contribution is 5.93. The summed E-state index contributed by atoms with van der Waals surface area (Å²) >= 11 is 0. The normalized spacial score (nSPS) is 13.4. The zero-order chi connectivity index (χ0) is 18.1. The highest BCUT2D eigenvalue weighted by atomic mass is 16.5. The molecule has 0 spiro atoms. The number of carbonyl (C=O) groups is 1. The Bertz CT molecular complexity index is 987. The molecule has 0 bridgehead atoms. The van der Waals surface area contributed by atoms with Gasteiger partial charge < -0.3 is 14.4 Å². The van der Waals surface area contributed by atoms with E-state index >= 15 is 0 Å². The second-order valence-corrected chi connectivity index (χ2v) is 6.17. The number of fused-ring (bicyclic) bond motifs is 2. The smallest absolute Gasteiger partial charge is 0.337 e. The van der Waals surface area contributed by atoms with E-state index in [4.69, 9.17) is 14.5 Å². The second kappa shape index (κ2) is 6.63. The molecule has 0 unspecified atom stereocenters. The van der Waals surface area contributed by atoms with Crippen molar-refractivity contribution in [2.45, 2.75) is 12.8 Å². The minimum absolute atomic E-state index is 0.380. The topological polar surface area (TPSA) is 64.5 Å². The maximum absolute atomic E-state index is 11.8. The van der Waals surface area contributed by atoms with Gasteiger partial charge in [0.25, 0.3) is 0 Å². The number of nitrogens with zero attached hydrogens (tertiary/aromatic N) is 3. The van der Waals surface area contributed by atoms with Crippen molar-refractivity contribution in [2.75, 3.05) is 25.7 Å². The van der Waals surface area contributed by atoms with Gasteiger partial charge in [-0.05, 0) is 54.8 Å². The third kappa shape index (κ3) is 2.83. The Balaban J connectivity index is 1.76. The van der Waals surface area contributed by atoms with Gasteiger partial charge in [-0.15, -0.1) is 0 Å². The fourth-order valence-corrected chi connectivity index (χ4v) is 3.32. The lowest BCUT2D eigenvalue weighted by Gasteiger charge is -2.30. The van der Waals surface area contributed by atoms with Gasteiger partial charge in [-0.1, -0.05) is 0 Å². The van der Waals surface area contributed by atoms with E-state index in [9.17, 15) is 4.79 Å². The van der Waals surface area contributed by atoms with E-state index in [0.29, 0.717) is 11.1 Å². The van der Waals surface area contributed by atoms with E-state index in [1.165, 1.54) is 12.7 Å². The van der Waals surface area contributed by atoms with Crippen molar-refractivity contribution in [3.63, 3.8) is 0 Å². The molecule has 2 heterocycles. The Morgan fingerprint density at radius 1 is 1.12 bits per heavy atom. The maximum atomic E-state index is 11.8. The van der Waals surface area contributed by atoms with Crippen LogP contribution in [0.5, 0.6) is 5.75 Å². The molecule has 0 fully saturated rings. The SMILES string of the molecule is COC(=O)c1ccc2ncc(N3CCCc4cc(OC)ccc43)nc2c1. The number of anilines is 2. The van der Waals surface area contributed by atoms with Crippen molar-refractivity contribution >= 4 is 28.5 Å². The summed E-state index contributed by atoms with van der Waals surface area (Å²) in [6.07, 6.45) is 3.82. The van der Waals surface area contributed by atoms with Crippen LogP contribution < -0.4 is 9.64 Å². The quantitative estimate of drug-likeness (QED) is 0.674. The van der Waals surface area contributed by atoms with Gasteiger partial charge in [0.2, 0.25) is 0 Å². The number of hydrogen-bond acceptors (Lipinski definition) is 6. The molecular formula is C20H19N3O3. The number of aryl methyl sites for hydroxylation is 1. The van der Waals surface area contributed by atoms with Crippen LogP contribution in [-0.4, -0.2) is 36.7 Å². The van der Waals surface area contributed by atoms with Crippen LogP contribution in [0.3, 0.4) is 0 Å². The number of rotatable bonds is 3. The van der Waals surface area contributed by atoms with Gasteiger partial charge >= 0.3 is 5.97 Å². The van der Waals surface area contributed by atoms with E-state index in [1.54, 1.807) is 31.5 Å². The zero-order valence-corrected chi connectivity index (χ0v) is 14.7. The molecular weight excluding hydrogens is 330 g/mol. The summed E-state index contributed by atoms with van der Waals surface area (Å²) < 4.78 is 10.1. The van der Waals surface area contributed by atoms with E-state index < -0.39 is 0 Å². The van der Waals surface area contributed by atoms with Gasteiger partial charge in [-0.25, -0.2) is 9.78 Å². The zero-order valence-electron chi connectivity index (χ0n) is 14.7. The fraction of sp³-hybridized carbons (Fsp3) is 0.250. The summed E-state index contributed by atoms with van der Waals surface area (Å²) in [6, 6.07) is 11.3. The third-order valence-corrected chi connectivity index (χ3v) is 4.63. The average Bonchev–Trinajstić information content (AvgIpc) is 2.71. The molecule has 3 aromatic rings.